The SMILES string of the molecule is CC(C)(CCn1cnc2c1CCCC2)C(=O)O. The summed E-state index contributed by atoms with van der Waals surface area (Å²) in [5.74, 6) is -0.730. The molecule has 0 spiro atoms. The van der Waals surface area contributed by atoms with E-state index in [0.717, 1.165) is 19.4 Å². The molecule has 0 radical (unpaired) electrons. The second-order valence-corrected chi connectivity index (χ2v) is 5.48. The highest BCUT2D eigenvalue weighted by Gasteiger charge is 2.27. The van der Waals surface area contributed by atoms with Crippen molar-refractivity contribution < 1.29 is 9.90 Å². The molecule has 0 unspecified atom stereocenters. The minimum atomic E-state index is -0.730. The van der Waals surface area contributed by atoms with Gasteiger partial charge in [-0.1, -0.05) is 0 Å². The van der Waals surface area contributed by atoms with E-state index in [2.05, 4.69) is 9.55 Å². The number of aryl methyl sites for hydroxylation is 2. The van der Waals surface area contributed by atoms with E-state index >= 15 is 0 Å². The summed E-state index contributed by atoms with van der Waals surface area (Å²) in [5, 5.41) is 9.08. The lowest BCUT2D eigenvalue weighted by Crippen LogP contribution is -2.25. The molecule has 4 heteroatoms. The second kappa shape index (κ2) is 4.51. The van der Waals surface area contributed by atoms with Crippen LogP contribution in [0.5, 0.6) is 0 Å². The fourth-order valence-electron chi connectivity index (χ4n) is 2.23. The largest absolute Gasteiger partial charge is 0.481 e. The van der Waals surface area contributed by atoms with E-state index in [1.54, 1.807) is 13.8 Å². The summed E-state index contributed by atoms with van der Waals surface area (Å²) in [6, 6.07) is 0. The summed E-state index contributed by atoms with van der Waals surface area (Å²) in [6.07, 6.45) is 7.12. The summed E-state index contributed by atoms with van der Waals surface area (Å²) in [5.41, 5.74) is 1.87. The maximum atomic E-state index is 11.0. The number of hydrogen-bond acceptors (Lipinski definition) is 2. The fraction of sp³-hybridized carbons (Fsp3) is 0.692. The zero-order valence-corrected chi connectivity index (χ0v) is 10.6. The minimum absolute atomic E-state index is 0.644. The zero-order chi connectivity index (χ0) is 12.5. The lowest BCUT2D eigenvalue weighted by atomic mass is 9.89. The Labute approximate surface area is 102 Å². The Morgan fingerprint density at radius 1 is 1.47 bits per heavy atom. The molecule has 0 saturated heterocycles. The van der Waals surface area contributed by atoms with Crippen LogP contribution in [0.15, 0.2) is 6.33 Å². The molecule has 1 N–H and O–H groups in total. The van der Waals surface area contributed by atoms with Crippen LogP contribution >= 0.6 is 0 Å². The number of carbonyl (C=O) groups is 1. The molecule has 0 fully saturated rings. The lowest BCUT2D eigenvalue weighted by Gasteiger charge is -2.20. The molecule has 1 aliphatic carbocycles. The fourth-order valence-corrected chi connectivity index (χ4v) is 2.23. The molecule has 1 heterocycles. The monoisotopic (exact) mass is 236 g/mol. The molecule has 17 heavy (non-hydrogen) atoms. The number of aromatic nitrogens is 2. The molecule has 0 aromatic carbocycles. The molecule has 2 rings (SSSR count). The van der Waals surface area contributed by atoms with Crippen molar-refractivity contribution in [3.63, 3.8) is 0 Å². The first-order valence-electron chi connectivity index (χ1n) is 6.27. The predicted octanol–water partition coefficient (Wildman–Crippen LogP) is 2.26. The van der Waals surface area contributed by atoms with E-state index < -0.39 is 11.4 Å². The van der Waals surface area contributed by atoms with E-state index in [1.807, 2.05) is 6.33 Å². The average molecular weight is 236 g/mol. The van der Waals surface area contributed by atoms with E-state index in [9.17, 15) is 4.79 Å². The third-order valence-electron chi connectivity index (χ3n) is 3.67. The van der Waals surface area contributed by atoms with Crippen molar-refractivity contribution in [1.29, 1.82) is 0 Å². The highest BCUT2D eigenvalue weighted by molar-refractivity contribution is 5.73. The van der Waals surface area contributed by atoms with E-state index in [4.69, 9.17) is 5.11 Å². The highest BCUT2D eigenvalue weighted by atomic mass is 16.4. The Bertz CT molecular complexity index is 421. The molecule has 4 nitrogen and oxygen atoms in total. The minimum Gasteiger partial charge on any atom is -0.481 e. The van der Waals surface area contributed by atoms with Crippen molar-refractivity contribution in [2.45, 2.75) is 52.5 Å². The Morgan fingerprint density at radius 3 is 2.88 bits per heavy atom. The molecular formula is C13H20N2O2. The van der Waals surface area contributed by atoms with Gasteiger partial charge in [-0.05, 0) is 46.0 Å². The first-order chi connectivity index (χ1) is 8.00. The van der Waals surface area contributed by atoms with Crippen LogP contribution in [-0.4, -0.2) is 20.6 Å². The summed E-state index contributed by atoms with van der Waals surface area (Å²) < 4.78 is 2.14. The summed E-state index contributed by atoms with van der Waals surface area (Å²) in [6.45, 7) is 4.30. The van der Waals surface area contributed by atoms with Gasteiger partial charge in [0, 0.05) is 12.2 Å². The van der Waals surface area contributed by atoms with Crippen LogP contribution in [-0.2, 0) is 24.2 Å². The van der Waals surface area contributed by atoms with Crippen molar-refractivity contribution in [2.75, 3.05) is 0 Å². The average Bonchev–Trinajstić information content (AvgIpc) is 2.69. The number of carboxylic acid groups (broad SMARTS) is 1. The predicted molar refractivity (Wildman–Crippen MR) is 64.9 cm³/mol. The molecular weight excluding hydrogens is 216 g/mol. The van der Waals surface area contributed by atoms with Gasteiger partial charge < -0.3 is 9.67 Å². The first kappa shape index (κ1) is 12.1. The van der Waals surface area contributed by atoms with Crippen molar-refractivity contribution in [2.24, 2.45) is 5.41 Å². The van der Waals surface area contributed by atoms with Gasteiger partial charge in [0.2, 0.25) is 0 Å². The molecule has 1 aromatic rings. The molecule has 0 bridgehead atoms. The van der Waals surface area contributed by atoms with Crippen molar-refractivity contribution in [3.05, 3.63) is 17.7 Å². The van der Waals surface area contributed by atoms with Gasteiger partial charge in [0.1, 0.15) is 0 Å². The smallest absolute Gasteiger partial charge is 0.309 e. The standard InChI is InChI=1S/C13H20N2O2/c1-13(2,12(16)17)7-8-15-9-14-10-5-3-4-6-11(10)15/h9H,3-8H2,1-2H3,(H,16,17). The topological polar surface area (TPSA) is 55.1 Å². The van der Waals surface area contributed by atoms with Crippen molar-refractivity contribution in [3.8, 4) is 0 Å². The highest BCUT2D eigenvalue weighted by Crippen LogP contribution is 2.24. The van der Waals surface area contributed by atoms with E-state index in [0.29, 0.717) is 6.42 Å². The molecule has 0 aliphatic heterocycles. The Kier molecular flexibility index (Phi) is 3.22. The number of rotatable bonds is 4. The van der Waals surface area contributed by atoms with E-state index in [-0.39, 0.29) is 0 Å². The second-order valence-electron chi connectivity index (χ2n) is 5.48. The molecule has 0 atom stereocenters. The maximum Gasteiger partial charge on any atom is 0.309 e. The summed E-state index contributed by atoms with van der Waals surface area (Å²) >= 11 is 0. The zero-order valence-electron chi connectivity index (χ0n) is 10.6. The molecule has 1 aromatic heterocycles. The lowest BCUT2D eigenvalue weighted by molar-refractivity contribution is -0.147. The molecule has 0 amide bonds. The van der Waals surface area contributed by atoms with Crippen LogP contribution in [0.2, 0.25) is 0 Å². The van der Waals surface area contributed by atoms with Crippen LogP contribution in [0.1, 0.15) is 44.5 Å². The number of imidazole rings is 1. The van der Waals surface area contributed by atoms with Crippen LogP contribution in [0.25, 0.3) is 0 Å². The van der Waals surface area contributed by atoms with E-state index in [1.165, 1.54) is 24.2 Å². The Morgan fingerprint density at radius 2 is 2.18 bits per heavy atom. The number of aliphatic carboxylic acids is 1. The van der Waals surface area contributed by atoms with Gasteiger partial charge in [-0.15, -0.1) is 0 Å². The van der Waals surface area contributed by atoms with Gasteiger partial charge in [-0.2, -0.15) is 0 Å². The van der Waals surface area contributed by atoms with Gasteiger partial charge in [0.25, 0.3) is 0 Å². The first-order valence-corrected chi connectivity index (χ1v) is 6.27. The third-order valence-corrected chi connectivity index (χ3v) is 3.67. The normalized spacial score (nSPS) is 15.6. The van der Waals surface area contributed by atoms with Crippen LogP contribution in [0, 0.1) is 5.41 Å². The van der Waals surface area contributed by atoms with Gasteiger partial charge in [-0.3, -0.25) is 4.79 Å². The molecule has 0 saturated carbocycles. The van der Waals surface area contributed by atoms with Crippen LogP contribution < -0.4 is 0 Å². The van der Waals surface area contributed by atoms with Gasteiger partial charge in [-0.25, -0.2) is 4.98 Å². The van der Waals surface area contributed by atoms with Crippen LogP contribution in [0.4, 0.5) is 0 Å². The Hall–Kier alpha value is -1.32. The summed E-state index contributed by atoms with van der Waals surface area (Å²) in [7, 11) is 0. The third kappa shape index (κ3) is 2.51. The number of fused-ring (bicyclic) bond motifs is 1. The van der Waals surface area contributed by atoms with Gasteiger partial charge in [0.05, 0.1) is 17.4 Å². The molecule has 1 aliphatic rings. The quantitative estimate of drug-likeness (QED) is 0.872. The van der Waals surface area contributed by atoms with Gasteiger partial charge >= 0.3 is 5.97 Å². The number of hydrogen-bond donors (Lipinski definition) is 1. The summed E-state index contributed by atoms with van der Waals surface area (Å²) in [4.78, 5) is 15.5. The maximum absolute atomic E-state index is 11.0. The Balaban J connectivity index is 2.05. The number of carboxylic acids is 1. The van der Waals surface area contributed by atoms with Crippen LogP contribution in [0.3, 0.4) is 0 Å². The van der Waals surface area contributed by atoms with Gasteiger partial charge in [0.15, 0.2) is 0 Å². The van der Waals surface area contributed by atoms with Crippen molar-refractivity contribution in [1.82, 2.24) is 9.55 Å². The van der Waals surface area contributed by atoms with Crippen molar-refractivity contribution >= 4 is 5.97 Å². The molecule has 94 valence electrons. The number of nitrogens with zero attached hydrogens (tertiary/aromatic N) is 2.